The number of azo groups is 1. The maximum atomic E-state index is 4.29. The number of aromatic nitrogens is 1. The fourth-order valence-corrected chi connectivity index (χ4v) is 3.09. The average Bonchev–Trinajstić information content (AvgIpc) is 2.92. The molecule has 112 valence electrons. The highest BCUT2D eigenvalue weighted by atomic mass is 35.5. The van der Waals surface area contributed by atoms with Crippen molar-refractivity contribution >= 4 is 27.8 Å². The standard InChI is InChI=1S/C15H19N4S.ClH/c1-18-11-12-20-15(18)17-16-13-5-7-14(8-6-13)19-9-3-2-4-10-19;/h5-8,11-12H,2-4,9-10H2,1H3;1H/q+1;/p-1. The first kappa shape index (κ1) is 15.9. The summed E-state index contributed by atoms with van der Waals surface area (Å²) in [6.45, 7) is 2.35. The lowest BCUT2D eigenvalue weighted by Crippen LogP contribution is -3.00. The zero-order valence-corrected chi connectivity index (χ0v) is 13.6. The second-order valence-electron chi connectivity index (χ2n) is 5.06. The van der Waals surface area contributed by atoms with E-state index in [-0.39, 0.29) is 12.4 Å². The third-order valence-electron chi connectivity index (χ3n) is 3.58. The van der Waals surface area contributed by atoms with Crippen LogP contribution in [0.25, 0.3) is 0 Å². The number of anilines is 1. The van der Waals surface area contributed by atoms with E-state index in [1.54, 1.807) is 11.3 Å². The number of nitrogens with zero attached hydrogens (tertiary/aromatic N) is 4. The second-order valence-corrected chi connectivity index (χ2v) is 5.93. The summed E-state index contributed by atoms with van der Waals surface area (Å²) >= 11 is 1.59. The Morgan fingerprint density at radius 1 is 1.05 bits per heavy atom. The van der Waals surface area contributed by atoms with E-state index < -0.39 is 0 Å². The van der Waals surface area contributed by atoms with Crippen LogP contribution in [0.2, 0.25) is 0 Å². The lowest BCUT2D eigenvalue weighted by atomic mass is 10.1. The van der Waals surface area contributed by atoms with Gasteiger partial charge in [0.1, 0.15) is 11.9 Å². The van der Waals surface area contributed by atoms with E-state index in [2.05, 4.69) is 27.3 Å². The summed E-state index contributed by atoms with van der Waals surface area (Å²) in [4.78, 5) is 2.45. The Kier molecular flexibility index (Phi) is 5.70. The first-order valence-electron chi connectivity index (χ1n) is 7.03. The van der Waals surface area contributed by atoms with Gasteiger partial charge in [0.2, 0.25) is 0 Å². The summed E-state index contributed by atoms with van der Waals surface area (Å²) in [6.07, 6.45) is 5.95. The molecule has 1 saturated heterocycles. The maximum absolute atomic E-state index is 4.29. The van der Waals surface area contributed by atoms with Gasteiger partial charge in [-0.15, -0.1) is 0 Å². The average molecular weight is 323 g/mol. The molecule has 0 atom stereocenters. The van der Waals surface area contributed by atoms with Crippen molar-refractivity contribution in [3.63, 3.8) is 0 Å². The molecule has 1 aliphatic rings. The molecule has 0 unspecified atom stereocenters. The molecule has 0 aliphatic carbocycles. The van der Waals surface area contributed by atoms with Crippen LogP contribution in [0.5, 0.6) is 0 Å². The lowest BCUT2D eigenvalue weighted by molar-refractivity contribution is -0.654. The van der Waals surface area contributed by atoms with Gasteiger partial charge in [-0.1, -0.05) is 0 Å². The Labute approximate surface area is 135 Å². The SMILES string of the molecule is C[n+]1ccsc1N=Nc1ccc(N2CCCCC2)cc1.[Cl-]. The predicted octanol–water partition coefficient (Wildman–Crippen LogP) is 0.982. The van der Waals surface area contributed by atoms with Gasteiger partial charge in [0.15, 0.2) is 0 Å². The van der Waals surface area contributed by atoms with E-state index in [0.717, 1.165) is 10.8 Å². The van der Waals surface area contributed by atoms with Gasteiger partial charge in [-0.2, -0.15) is 0 Å². The summed E-state index contributed by atoms with van der Waals surface area (Å²) in [5.41, 5.74) is 2.20. The zero-order chi connectivity index (χ0) is 13.8. The largest absolute Gasteiger partial charge is 1.00 e. The fraction of sp³-hybridized carbons (Fsp3) is 0.400. The Hall–Kier alpha value is -1.46. The maximum Gasteiger partial charge on any atom is 0.408 e. The van der Waals surface area contributed by atoms with Gasteiger partial charge in [-0.05, 0) is 60.0 Å². The normalized spacial score (nSPS) is 15.2. The molecule has 1 fully saturated rings. The van der Waals surface area contributed by atoms with Crippen LogP contribution in [-0.4, -0.2) is 13.1 Å². The molecule has 6 heteroatoms. The molecule has 0 radical (unpaired) electrons. The number of halogens is 1. The highest BCUT2D eigenvalue weighted by Gasteiger charge is 2.11. The van der Waals surface area contributed by atoms with Crippen molar-refractivity contribution in [2.75, 3.05) is 18.0 Å². The van der Waals surface area contributed by atoms with Gasteiger partial charge in [0, 0.05) is 24.2 Å². The minimum absolute atomic E-state index is 0. The molecule has 3 rings (SSSR count). The molecular weight excluding hydrogens is 304 g/mol. The third kappa shape index (κ3) is 4.02. The predicted molar refractivity (Wildman–Crippen MR) is 82.2 cm³/mol. The van der Waals surface area contributed by atoms with Gasteiger partial charge in [-0.3, -0.25) is 0 Å². The Morgan fingerprint density at radius 2 is 1.76 bits per heavy atom. The van der Waals surface area contributed by atoms with Crippen molar-refractivity contribution in [1.82, 2.24) is 0 Å². The van der Waals surface area contributed by atoms with Crippen molar-refractivity contribution in [2.45, 2.75) is 19.3 Å². The molecule has 0 N–H and O–H groups in total. The number of aryl methyl sites for hydroxylation is 1. The molecule has 1 aromatic carbocycles. The summed E-state index contributed by atoms with van der Waals surface area (Å²) in [5, 5.41) is 11.5. The van der Waals surface area contributed by atoms with Gasteiger partial charge < -0.3 is 17.3 Å². The molecule has 1 aromatic heterocycles. The van der Waals surface area contributed by atoms with Crippen molar-refractivity contribution in [3.8, 4) is 0 Å². The molecule has 0 bridgehead atoms. The molecule has 0 amide bonds. The van der Waals surface area contributed by atoms with E-state index in [1.807, 2.05) is 35.3 Å². The van der Waals surface area contributed by atoms with Crippen molar-refractivity contribution in [2.24, 2.45) is 17.3 Å². The minimum atomic E-state index is 0. The van der Waals surface area contributed by atoms with Crippen molar-refractivity contribution in [3.05, 3.63) is 35.8 Å². The van der Waals surface area contributed by atoms with Crippen LogP contribution in [-0.2, 0) is 7.05 Å². The number of benzene rings is 1. The molecule has 0 saturated carbocycles. The fourth-order valence-electron chi connectivity index (χ4n) is 2.41. The molecule has 1 aliphatic heterocycles. The zero-order valence-electron chi connectivity index (χ0n) is 12.1. The number of piperidine rings is 1. The highest BCUT2D eigenvalue weighted by Crippen LogP contribution is 2.24. The summed E-state index contributed by atoms with van der Waals surface area (Å²) < 4.78 is 1.97. The Bertz CT molecular complexity index is 588. The first-order chi connectivity index (χ1) is 9.83. The Balaban J connectivity index is 0.00000161. The minimum Gasteiger partial charge on any atom is -1.00 e. The van der Waals surface area contributed by atoms with Crippen LogP contribution in [0.3, 0.4) is 0 Å². The van der Waals surface area contributed by atoms with Crippen LogP contribution in [0.15, 0.2) is 46.1 Å². The van der Waals surface area contributed by atoms with E-state index in [0.29, 0.717) is 0 Å². The Morgan fingerprint density at radius 3 is 2.38 bits per heavy atom. The topological polar surface area (TPSA) is 31.8 Å². The van der Waals surface area contributed by atoms with Gasteiger partial charge in [-0.25, -0.2) is 4.57 Å². The van der Waals surface area contributed by atoms with Gasteiger partial charge >= 0.3 is 5.13 Å². The second kappa shape index (κ2) is 7.52. The summed E-state index contributed by atoms with van der Waals surface area (Å²) in [6, 6.07) is 8.38. The van der Waals surface area contributed by atoms with Crippen molar-refractivity contribution in [1.29, 1.82) is 0 Å². The number of rotatable bonds is 3. The van der Waals surface area contributed by atoms with Crippen LogP contribution in [0.1, 0.15) is 19.3 Å². The van der Waals surface area contributed by atoms with E-state index in [9.17, 15) is 0 Å². The smallest absolute Gasteiger partial charge is 0.408 e. The van der Waals surface area contributed by atoms with Crippen LogP contribution < -0.4 is 21.9 Å². The van der Waals surface area contributed by atoms with Crippen LogP contribution >= 0.6 is 11.3 Å². The summed E-state index contributed by atoms with van der Waals surface area (Å²) in [5.74, 6) is 0. The van der Waals surface area contributed by atoms with Crippen LogP contribution in [0, 0.1) is 0 Å². The molecular formula is C15H19ClN4S. The van der Waals surface area contributed by atoms with Gasteiger partial charge in [0.05, 0.1) is 12.2 Å². The highest BCUT2D eigenvalue weighted by molar-refractivity contribution is 7.12. The number of thiazole rings is 1. The van der Waals surface area contributed by atoms with Gasteiger partial charge in [0.25, 0.3) is 0 Å². The van der Waals surface area contributed by atoms with Crippen molar-refractivity contribution < 1.29 is 17.0 Å². The van der Waals surface area contributed by atoms with E-state index in [1.165, 1.54) is 38.0 Å². The monoisotopic (exact) mass is 322 g/mol. The van der Waals surface area contributed by atoms with Crippen LogP contribution in [0.4, 0.5) is 16.5 Å². The third-order valence-corrected chi connectivity index (χ3v) is 4.42. The lowest BCUT2D eigenvalue weighted by Gasteiger charge is -2.28. The van der Waals surface area contributed by atoms with E-state index >= 15 is 0 Å². The molecule has 0 spiro atoms. The molecule has 2 aromatic rings. The molecule has 21 heavy (non-hydrogen) atoms. The van der Waals surface area contributed by atoms with E-state index in [4.69, 9.17) is 0 Å². The molecule has 2 heterocycles. The summed E-state index contributed by atoms with van der Waals surface area (Å²) in [7, 11) is 1.98. The number of hydrogen-bond donors (Lipinski definition) is 0. The first-order valence-corrected chi connectivity index (χ1v) is 7.91. The molecule has 4 nitrogen and oxygen atoms in total. The number of hydrogen-bond acceptors (Lipinski definition) is 4. The quantitative estimate of drug-likeness (QED) is 0.612.